The van der Waals surface area contributed by atoms with Gasteiger partial charge in [0.15, 0.2) is 6.23 Å². The Morgan fingerprint density at radius 1 is 1.41 bits per heavy atom. The van der Waals surface area contributed by atoms with Crippen LogP contribution in [0, 0.1) is 0 Å². The van der Waals surface area contributed by atoms with Crippen molar-refractivity contribution in [3.63, 3.8) is 0 Å². The second kappa shape index (κ2) is 5.65. The first kappa shape index (κ1) is 14.3. The summed E-state index contributed by atoms with van der Waals surface area (Å²) in [5, 5.41) is 18.0. The third kappa shape index (κ3) is 2.37. The van der Waals surface area contributed by atoms with E-state index in [1.165, 1.54) is 11.8 Å². The number of aliphatic hydroxyl groups is 1. The third-order valence-electron chi connectivity index (χ3n) is 3.77. The number of ether oxygens (including phenoxy) is 1. The molecule has 114 valence electrons. The molecule has 1 aromatic carbocycles. The molecule has 6 nitrogen and oxygen atoms in total. The van der Waals surface area contributed by atoms with Crippen LogP contribution in [0.2, 0.25) is 0 Å². The normalized spacial score (nSPS) is 17.0. The van der Waals surface area contributed by atoms with Crippen LogP contribution in [-0.4, -0.2) is 28.0 Å². The molecule has 22 heavy (non-hydrogen) atoms. The van der Waals surface area contributed by atoms with Crippen molar-refractivity contribution in [2.75, 3.05) is 12.4 Å². The summed E-state index contributed by atoms with van der Waals surface area (Å²) in [6.45, 7) is 1.83. The first-order valence-corrected chi connectivity index (χ1v) is 6.96. The summed E-state index contributed by atoms with van der Waals surface area (Å²) in [7, 11) is 1.33. The Bertz CT molecular complexity index is 734. The van der Waals surface area contributed by atoms with E-state index >= 15 is 0 Å². The van der Waals surface area contributed by atoms with Gasteiger partial charge in [-0.1, -0.05) is 30.3 Å². The topological polar surface area (TPSA) is 76.4 Å². The summed E-state index contributed by atoms with van der Waals surface area (Å²) < 4.78 is 6.15. The number of hydrogen-bond acceptors (Lipinski definition) is 5. The van der Waals surface area contributed by atoms with Gasteiger partial charge in [-0.25, -0.2) is 4.68 Å². The lowest BCUT2D eigenvalue weighted by Gasteiger charge is -2.26. The van der Waals surface area contributed by atoms with E-state index in [2.05, 4.69) is 15.2 Å². The Balaban J connectivity index is 1.98. The van der Waals surface area contributed by atoms with Crippen molar-refractivity contribution >= 4 is 11.8 Å². The molecular weight excluding hydrogens is 282 g/mol. The first-order chi connectivity index (χ1) is 10.6. The molecule has 2 N–H and O–H groups in total. The van der Waals surface area contributed by atoms with Crippen LogP contribution < -0.4 is 5.32 Å². The lowest BCUT2D eigenvalue weighted by Crippen LogP contribution is -2.25. The smallest absolute Gasteiger partial charge is 0.309 e. The number of rotatable bonds is 3. The maximum absolute atomic E-state index is 11.5. The second-order valence-corrected chi connectivity index (χ2v) is 5.12. The standard InChI is InChI=1S/C16H17N3O3/c1-10-12(8-14(20)22-2)16(21)19-15(18-10)13(9-17-19)11-6-4-3-5-7-11/h3-7,9,16,18,21H,8H2,1-2H3. The van der Waals surface area contributed by atoms with Crippen LogP contribution in [0.25, 0.3) is 11.1 Å². The van der Waals surface area contributed by atoms with E-state index < -0.39 is 12.2 Å². The van der Waals surface area contributed by atoms with Gasteiger partial charge in [0.25, 0.3) is 0 Å². The van der Waals surface area contributed by atoms with Crippen molar-refractivity contribution in [3.05, 3.63) is 47.8 Å². The highest BCUT2D eigenvalue weighted by atomic mass is 16.5. The number of carbonyl (C=O) groups excluding carboxylic acids is 1. The zero-order chi connectivity index (χ0) is 15.7. The highest BCUT2D eigenvalue weighted by Gasteiger charge is 2.28. The number of nitrogens with zero attached hydrogens (tertiary/aromatic N) is 2. The zero-order valence-electron chi connectivity index (χ0n) is 12.4. The van der Waals surface area contributed by atoms with Gasteiger partial charge in [0.05, 0.1) is 19.7 Å². The van der Waals surface area contributed by atoms with Crippen molar-refractivity contribution < 1.29 is 14.6 Å². The molecule has 0 amide bonds. The average Bonchev–Trinajstić information content (AvgIpc) is 2.95. The Hall–Kier alpha value is -2.60. The van der Waals surface area contributed by atoms with Gasteiger partial charge in [-0.15, -0.1) is 0 Å². The number of methoxy groups -OCH3 is 1. The number of aliphatic hydroxyl groups excluding tert-OH is 1. The Morgan fingerprint density at radius 2 is 2.14 bits per heavy atom. The lowest BCUT2D eigenvalue weighted by molar-refractivity contribution is -0.140. The van der Waals surface area contributed by atoms with Gasteiger partial charge in [0.1, 0.15) is 5.82 Å². The number of carbonyl (C=O) groups is 1. The zero-order valence-corrected chi connectivity index (χ0v) is 12.4. The molecule has 3 rings (SSSR count). The summed E-state index contributed by atoms with van der Waals surface area (Å²) in [6, 6.07) is 9.80. The highest BCUT2D eigenvalue weighted by Crippen LogP contribution is 2.37. The predicted molar refractivity (Wildman–Crippen MR) is 81.9 cm³/mol. The molecule has 6 heteroatoms. The van der Waals surface area contributed by atoms with Gasteiger partial charge < -0.3 is 15.2 Å². The van der Waals surface area contributed by atoms with E-state index in [4.69, 9.17) is 0 Å². The third-order valence-corrected chi connectivity index (χ3v) is 3.77. The number of benzene rings is 1. The molecule has 0 fully saturated rings. The van der Waals surface area contributed by atoms with Crippen LogP contribution in [0.3, 0.4) is 0 Å². The molecule has 1 atom stereocenters. The largest absolute Gasteiger partial charge is 0.469 e. The van der Waals surface area contributed by atoms with Gasteiger partial charge in [-0.3, -0.25) is 4.79 Å². The second-order valence-electron chi connectivity index (χ2n) is 5.12. The van der Waals surface area contributed by atoms with E-state index in [9.17, 15) is 9.90 Å². The van der Waals surface area contributed by atoms with Gasteiger partial charge in [-0.05, 0) is 12.5 Å². The van der Waals surface area contributed by atoms with Crippen LogP contribution in [0.4, 0.5) is 5.82 Å². The molecule has 1 aliphatic heterocycles. The summed E-state index contributed by atoms with van der Waals surface area (Å²) in [4.78, 5) is 11.5. The fourth-order valence-electron chi connectivity index (χ4n) is 2.55. The minimum atomic E-state index is -0.979. The maximum atomic E-state index is 11.5. The molecule has 0 radical (unpaired) electrons. The van der Waals surface area contributed by atoms with Crippen molar-refractivity contribution in [2.24, 2.45) is 0 Å². The Kier molecular flexibility index (Phi) is 3.68. The molecular formula is C16H17N3O3. The molecule has 1 aliphatic rings. The molecule has 0 aliphatic carbocycles. The molecule has 0 spiro atoms. The van der Waals surface area contributed by atoms with Crippen LogP contribution in [0.15, 0.2) is 47.8 Å². The van der Waals surface area contributed by atoms with E-state index in [-0.39, 0.29) is 6.42 Å². The van der Waals surface area contributed by atoms with Crippen molar-refractivity contribution in [1.82, 2.24) is 9.78 Å². The fraction of sp³-hybridized carbons (Fsp3) is 0.250. The molecule has 0 bridgehead atoms. The van der Waals surface area contributed by atoms with Gasteiger partial charge in [0.2, 0.25) is 0 Å². The predicted octanol–water partition coefficient (Wildman–Crippen LogP) is 2.30. The van der Waals surface area contributed by atoms with Crippen LogP contribution in [0.1, 0.15) is 19.6 Å². The number of fused-ring (bicyclic) bond motifs is 1. The number of nitrogens with one attached hydrogen (secondary N) is 1. The molecule has 2 heterocycles. The number of anilines is 1. The van der Waals surface area contributed by atoms with Crippen molar-refractivity contribution in [2.45, 2.75) is 19.6 Å². The molecule has 1 aromatic heterocycles. The number of aromatic nitrogens is 2. The minimum absolute atomic E-state index is 0.0243. The SMILES string of the molecule is COC(=O)CC1=C(C)Nc2c(-c3ccccc3)cnn2C1O. The fourth-order valence-corrected chi connectivity index (χ4v) is 2.55. The van der Waals surface area contributed by atoms with Crippen LogP contribution in [-0.2, 0) is 9.53 Å². The first-order valence-electron chi connectivity index (χ1n) is 6.96. The molecule has 0 saturated carbocycles. The number of esters is 1. The summed E-state index contributed by atoms with van der Waals surface area (Å²) in [6.07, 6.45) is 0.749. The van der Waals surface area contributed by atoms with Crippen molar-refractivity contribution in [1.29, 1.82) is 0 Å². The quantitative estimate of drug-likeness (QED) is 0.851. The highest BCUT2D eigenvalue weighted by molar-refractivity contribution is 5.78. The molecule has 0 saturated heterocycles. The van der Waals surface area contributed by atoms with Gasteiger partial charge in [-0.2, -0.15) is 5.10 Å². The van der Waals surface area contributed by atoms with Crippen molar-refractivity contribution in [3.8, 4) is 11.1 Å². The summed E-state index contributed by atoms with van der Waals surface area (Å²) >= 11 is 0. The minimum Gasteiger partial charge on any atom is -0.469 e. The summed E-state index contributed by atoms with van der Waals surface area (Å²) in [5.74, 6) is 0.318. The van der Waals surface area contributed by atoms with E-state index in [1.807, 2.05) is 37.3 Å². The number of allylic oxidation sites excluding steroid dienone is 1. The maximum Gasteiger partial charge on any atom is 0.309 e. The average molecular weight is 299 g/mol. The Morgan fingerprint density at radius 3 is 2.82 bits per heavy atom. The number of hydrogen-bond donors (Lipinski definition) is 2. The van der Waals surface area contributed by atoms with E-state index in [0.717, 1.165) is 16.8 Å². The summed E-state index contributed by atoms with van der Waals surface area (Å²) in [5.41, 5.74) is 3.20. The molecule has 2 aromatic rings. The Labute approximate surface area is 128 Å². The van der Waals surface area contributed by atoms with Gasteiger partial charge >= 0.3 is 5.97 Å². The monoisotopic (exact) mass is 299 g/mol. The lowest BCUT2D eigenvalue weighted by atomic mass is 10.0. The van der Waals surface area contributed by atoms with Crippen LogP contribution in [0.5, 0.6) is 0 Å². The van der Waals surface area contributed by atoms with Gasteiger partial charge in [0, 0.05) is 16.8 Å². The van der Waals surface area contributed by atoms with Crippen LogP contribution >= 0.6 is 0 Å². The van der Waals surface area contributed by atoms with E-state index in [1.54, 1.807) is 6.20 Å². The molecule has 1 unspecified atom stereocenters. The van der Waals surface area contributed by atoms with E-state index in [0.29, 0.717) is 11.4 Å².